The molecule has 0 radical (unpaired) electrons. The minimum Gasteiger partial charge on any atom is -0.493 e. The number of rotatable bonds is 2. The van der Waals surface area contributed by atoms with Crippen molar-refractivity contribution in [2.75, 3.05) is 25.1 Å². The van der Waals surface area contributed by atoms with Gasteiger partial charge in [-0.25, -0.2) is 4.98 Å². The van der Waals surface area contributed by atoms with Gasteiger partial charge < -0.3 is 9.64 Å². The normalized spacial score (nSPS) is 25.6. The molecule has 1 fully saturated rings. The van der Waals surface area contributed by atoms with Crippen LogP contribution in [0.15, 0.2) is 18.3 Å². The number of alkyl halides is 1. The molecular formula is C12H17BrN2O. The number of piperidine rings is 1. The number of methoxy groups -OCH3 is 1. The lowest BCUT2D eigenvalue weighted by atomic mass is 9.99. The van der Waals surface area contributed by atoms with Crippen LogP contribution in [0.25, 0.3) is 0 Å². The molecule has 4 heteroatoms. The van der Waals surface area contributed by atoms with Gasteiger partial charge in [0.25, 0.3) is 0 Å². The fourth-order valence-electron chi connectivity index (χ4n) is 1.99. The molecule has 1 aromatic heterocycles. The molecule has 0 aromatic carbocycles. The lowest BCUT2D eigenvalue weighted by Gasteiger charge is -2.35. The van der Waals surface area contributed by atoms with E-state index in [9.17, 15) is 0 Å². The zero-order valence-corrected chi connectivity index (χ0v) is 11.3. The van der Waals surface area contributed by atoms with Crippen molar-refractivity contribution in [1.29, 1.82) is 0 Å². The fraction of sp³-hybridized carbons (Fsp3) is 0.583. The van der Waals surface area contributed by atoms with Crippen molar-refractivity contribution < 1.29 is 4.74 Å². The first-order chi connectivity index (χ1) is 7.72. The molecule has 0 amide bonds. The predicted molar refractivity (Wildman–Crippen MR) is 69.5 cm³/mol. The van der Waals surface area contributed by atoms with E-state index in [0.717, 1.165) is 30.6 Å². The maximum absolute atomic E-state index is 5.34. The van der Waals surface area contributed by atoms with Crippen LogP contribution in [-0.4, -0.2) is 30.0 Å². The number of pyridine rings is 1. The molecule has 0 aliphatic carbocycles. The van der Waals surface area contributed by atoms with E-state index >= 15 is 0 Å². The van der Waals surface area contributed by atoms with Crippen molar-refractivity contribution in [3.63, 3.8) is 0 Å². The van der Waals surface area contributed by atoms with Gasteiger partial charge in [-0.05, 0) is 24.5 Å². The van der Waals surface area contributed by atoms with Crippen molar-refractivity contribution in [2.24, 2.45) is 5.92 Å². The second-order valence-electron chi connectivity index (χ2n) is 4.26. The molecule has 2 rings (SSSR count). The van der Waals surface area contributed by atoms with Gasteiger partial charge in [-0.15, -0.1) is 0 Å². The van der Waals surface area contributed by atoms with Crippen molar-refractivity contribution in [3.8, 4) is 5.75 Å². The third-order valence-corrected chi connectivity index (χ3v) is 4.33. The van der Waals surface area contributed by atoms with Crippen LogP contribution in [0.1, 0.15) is 13.3 Å². The van der Waals surface area contributed by atoms with E-state index in [4.69, 9.17) is 4.74 Å². The zero-order chi connectivity index (χ0) is 11.5. The molecule has 0 spiro atoms. The first-order valence-electron chi connectivity index (χ1n) is 5.60. The van der Waals surface area contributed by atoms with E-state index in [1.807, 2.05) is 18.3 Å². The van der Waals surface area contributed by atoms with Crippen LogP contribution in [0.3, 0.4) is 0 Å². The summed E-state index contributed by atoms with van der Waals surface area (Å²) in [6.45, 7) is 4.33. The Labute approximate surface area is 105 Å². The molecule has 1 aliphatic rings. The van der Waals surface area contributed by atoms with Gasteiger partial charge in [-0.3, -0.25) is 0 Å². The van der Waals surface area contributed by atoms with E-state index < -0.39 is 0 Å². The maximum atomic E-state index is 5.34. The van der Waals surface area contributed by atoms with Crippen molar-refractivity contribution in [2.45, 2.75) is 18.2 Å². The molecule has 0 N–H and O–H groups in total. The molecule has 0 bridgehead atoms. The topological polar surface area (TPSA) is 25.4 Å². The van der Waals surface area contributed by atoms with Crippen LogP contribution < -0.4 is 9.64 Å². The SMILES string of the molecule is COc1cccnc1N1CCC(C)C(Br)C1. The van der Waals surface area contributed by atoms with Crippen LogP contribution in [-0.2, 0) is 0 Å². The molecular weight excluding hydrogens is 268 g/mol. The van der Waals surface area contributed by atoms with E-state index in [1.54, 1.807) is 7.11 Å². The van der Waals surface area contributed by atoms with Crippen LogP contribution in [0.2, 0.25) is 0 Å². The Bertz CT molecular complexity index is 359. The summed E-state index contributed by atoms with van der Waals surface area (Å²) in [5.41, 5.74) is 0. The van der Waals surface area contributed by atoms with Crippen molar-refractivity contribution >= 4 is 21.7 Å². The number of nitrogens with zero attached hydrogens (tertiary/aromatic N) is 2. The zero-order valence-electron chi connectivity index (χ0n) is 9.69. The highest BCUT2D eigenvalue weighted by molar-refractivity contribution is 9.09. The number of anilines is 1. The van der Waals surface area contributed by atoms with Gasteiger partial charge >= 0.3 is 0 Å². The van der Waals surface area contributed by atoms with Gasteiger partial charge in [0, 0.05) is 24.1 Å². The van der Waals surface area contributed by atoms with Gasteiger partial charge in [0.2, 0.25) is 0 Å². The molecule has 2 heterocycles. The molecule has 1 aromatic rings. The third-order valence-electron chi connectivity index (χ3n) is 3.14. The Kier molecular flexibility index (Phi) is 3.69. The maximum Gasteiger partial charge on any atom is 0.171 e. The molecule has 2 atom stereocenters. The standard InChI is InChI=1S/C12H17BrN2O/c1-9-5-7-15(8-10(9)13)12-11(16-2)4-3-6-14-12/h3-4,6,9-10H,5,7-8H2,1-2H3. The second kappa shape index (κ2) is 5.04. The molecule has 2 unspecified atom stereocenters. The Morgan fingerprint density at radius 3 is 3.06 bits per heavy atom. The highest BCUT2D eigenvalue weighted by atomic mass is 79.9. The average Bonchev–Trinajstić information content (AvgIpc) is 2.32. The van der Waals surface area contributed by atoms with Crippen molar-refractivity contribution in [1.82, 2.24) is 4.98 Å². The lowest BCUT2D eigenvalue weighted by molar-refractivity contribution is 0.404. The van der Waals surface area contributed by atoms with Crippen LogP contribution in [0.5, 0.6) is 5.75 Å². The Balaban J connectivity index is 2.18. The fourth-order valence-corrected chi connectivity index (χ4v) is 2.61. The van der Waals surface area contributed by atoms with E-state index in [-0.39, 0.29) is 0 Å². The van der Waals surface area contributed by atoms with Crippen molar-refractivity contribution in [3.05, 3.63) is 18.3 Å². The first kappa shape index (κ1) is 11.7. The first-order valence-corrected chi connectivity index (χ1v) is 6.52. The van der Waals surface area contributed by atoms with Gasteiger partial charge in [0.1, 0.15) is 0 Å². The van der Waals surface area contributed by atoms with Gasteiger partial charge in [0.05, 0.1) is 7.11 Å². The third kappa shape index (κ3) is 2.32. The average molecular weight is 285 g/mol. The van der Waals surface area contributed by atoms with Gasteiger partial charge in [0.15, 0.2) is 11.6 Å². The minimum absolute atomic E-state index is 0.535. The summed E-state index contributed by atoms with van der Waals surface area (Å²) in [6.07, 6.45) is 3.01. The summed E-state index contributed by atoms with van der Waals surface area (Å²) in [5.74, 6) is 2.55. The Morgan fingerprint density at radius 1 is 1.56 bits per heavy atom. The lowest BCUT2D eigenvalue weighted by Crippen LogP contribution is -2.40. The molecule has 16 heavy (non-hydrogen) atoms. The second-order valence-corrected chi connectivity index (χ2v) is 5.43. The highest BCUT2D eigenvalue weighted by Crippen LogP contribution is 2.31. The monoisotopic (exact) mass is 284 g/mol. The summed E-state index contributed by atoms with van der Waals surface area (Å²) in [6, 6.07) is 3.87. The summed E-state index contributed by atoms with van der Waals surface area (Å²) < 4.78 is 5.34. The molecule has 1 aliphatic heterocycles. The van der Waals surface area contributed by atoms with Crippen LogP contribution >= 0.6 is 15.9 Å². The number of ether oxygens (including phenoxy) is 1. The number of hydrogen-bond donors (Lipinski definition) is 0. The minimum atomic E-state index is 0.535. The smallest absolute Gasteiger partial charge is 0.171 e. The van der Waals surface area contributed by atoms with E-state index in [2.05, 4.69) is 32.7 Å². The molecule has 0 saturated carbocycles. The molecule has 1 saturated heterocycles. The predicted octanol–water partition coefficient (Wildman–Crippen LogP) is 2.70. The quantitative estimate of drug-likeness (QED) is 0.781. The van der Waals surface area contributed by atoms with Gasteiger partial charge in [-0.2, -0.15) is 0 Å². The summed E-state index contributed by atoms with van der Waals surface area (Å²) in [4.78, 5) is 7.24. The van der Waals surface area contributed by atoms with Gasteiger partial charge in [-0.1, -0.05) is 22.9 Å². The largest absolute Gasteiger partial charge is 0.493 e. The summed E-state index contributed by atoms with van der Waals surface area (Å²) in [7, 11) is 1.69. The van der Waals surface area contributed by atoms with E-state index in [0.29, 0.717) is 4.83 Å². The summed E-state index contributed by atoms with van der Waals surface area (Å²) in [5, 5.41) is 0. The van der Waals surface area contributed by atoms with Crippen LogP contribution in [0, 0.1) is 5.92 Å². The number of aromatic nitrogens is 1. The highest BCUT2D eigenvalue weighted by Gasteiger charge is 2.26. The Hall–Kier alpha value is -0.770. The Morgan fingerprint density at radius 2 is 2.38 bits per heavy atom. The number of halogens is 1. The molecule has 88 valence electrons. The van der Waals surface area contributed by atoms with E-state index in [1.165, 1.54) is 6.42 Å². The molecule has 3 nitrogen and oxygen atoms in total. The number of hydrogen-bond acceptors (Lipinski definition) is 3. The van der Waals surface area contributed by atoms with Crippen LogP contribution in [0.4, 0.5) is 5.82 Å². The summed E-state index contributed by atoms with van der Waals surface area (Å²) >= 11 is 3.73.